The molecule has 0 N–H and O–H groups in total. The number of carbonyl (C=O) groups is 2. The predicted octanol–water partition coefficient (Wildman–Crippen LogP) is 5.25. The third-order valence-electron chi connectivity index (χ3n) is 9.83. The van der Waals surface area contributed by atoms with E-state index in [2.05, 4.69) is 13.8 Å². The van der Waals surface area contributed by atoms with Gasteiger partial charge in [0.1, 0.15) is 5.78 Å². The molecule has 0 aromatic heterocycles. The molecule has 166 valence electrons. The standard InChI is InChI=1S/C26H38O4/c1-16(27)20-9-10-21-19-8-7-17-14-18(28)11-12-25(17,2)24(19)22(15-26(20,21)3)30-23-6-4-5-13-29-23/h14,19-24H,4-13,15H2,1-3H3/t19-,20+,21-,22+,23?,24+,25-,26+/m0/s1. The zero-order valence-electron chi connectivity index (χ0n) is 19.0. The van der Waals surface area contributed by atoms with Crippen LogP contribution in [-0.2, 0) is 19.1 Å². The molecule has 4 fully saturated rings. The molecule has 0 aromatic rings. The van der Waals surface area contributed by atoms with Gasteiger partial charge in [-0.2, -0.15) is 0 Å². The number of hydrogen-bond acceptors (Lipinski definition) is 4. The first-order chi connectivity index (χ1) is 14.3. The molecule has 0 amide bonds. The van der Waals surface area contributed by atoms with Gasteiger partial charge < -0.3 is 9.47 Å². The van der Waals surface area contributed by atoms with Crippen LogP contribution in [-0.4, -0.2) is 30.6 Å². The number of fused-ring (bicyclic) bond motifs is 5. The molecule has 0 bridgehead atoms. The number of ether oxygens (including phenoxy) is 2. The largest absolute Gasteiger partial charge is 0.353 e. The maximum atomic E-state index is 12.6. The van der Waals surface area contributed by atoms with Crippen LogP contribution < -0.4 is 0 Å². The van der Waals surface area contributed by atoms with Crippen LogP contribution >= 0.6 is 0 Å². The van der Waals surface area contributed by atoms with Gasteiger partial charge in [0, 0.05) is 18.9 Å². The van der Waals surface area contributed by atoms with Crippen molar-refractivity contribution in [2.45, 2.75) is 97.4 Å². The fourth-order valence-electron chi connectivity index (χ4n) is 8.46. The number of carbonyl (C=O) groups excluding carboxylic acids is 2. The minimum atomic E-state index is -0.107. The van der Waals surface area contributed by atoms with E-state index in [-0.39, 0.29) is 29.1 Å². The fourth-order valence-corrected chi connectivity index (χ4v) is 8.46. The Bertz CT molecular complexity index is 750. The molecule has 0 aromatic carbocycles. The summed E-state index contributed by atoms with van der Waals surface area (Å²) in [6.07, 6.45) is 12.2. The quantitative estimate of drug-likeness (QED) is 0.633. The van der Waals surface area contributed by atoms with Gasteiger partial charge in [0.25, 0.3) is 0 Å². The lowest BCUT2D eigenvalue weighted by atomic mass is 9.46. The molecule has 4 heteroatoms. The summed E-state index contributed by atoms with van der Waals surface area (Å²) in [5.74, 6) is 2.43. The third-order valence-corrected chi connectivity index (χ3v) is 9.83. The van der Waals surface area contributed by atoms with Crippen LogP contribution in [0.15, 0.2) is 11.6 Å². The Hall–Kier alpha value is -1.00. The summed E-state index contributed by atoms with van der Waals surface area (Å²) in [4.78, 5) is 24.8. The Balaban J connectivity index is 1.52. The van der Waals surface area contributed by atoms with Gasteiger partial charge >= 0.3 is 0 Å². The van der Waals surface area contributed by atoms with Gasteiger partial charge in [0.05, 0.1) is 6.10 Å². The van der Waals surface area contributed by atoms with Crippen LogP contribution in [0.4, 0.5) is 0 Å². The van der Waals surface area contributed by atoms with Crippen molar-refractivity contribution >= 4 is 11.6 Å². The second-order valence-electron chi connectivity index (χ2n) is 11.3. The summed E-state index contributed by atoms with van der Waals surface area (Å²) in [5.41, 5.74) is 1.45. The Kier molecular flexibility index (Phi) is 5.25. The van der Waals surface area contributed by atoms with E-state index in [1.165, 1.54) is 18.4 Å². The van der Waals surface area contributed by atoms with Gasteiger partial charge in [0.2, 0.25) is 0 Å². The highest BCUT2D eigenvalue weighted by atomic mass is 16.7. The molecule has 1 saturated heterocycles. The number of ketones is 2. The lowest BCUT2D eigenvalue weighted by molar-refractivity contribution is -0.240. The molecule has 1 heterocycles. The van der Waals surface area contributed by atoms with Crippen LogP contribution in [0, 0.1) is 34.5 Å². The average molecular weight is 415 g/mol. The zero-order chi connectivity index (χ0) is 21.1. The molecule has 0 radical (unpaired) electrons. The Morgan fingerprint density at radius 3 is 2.70 bits per heavy atom. The molecule has 30 heavy (non-hydrogen) atoms. The molecular formula is C26H38O4. The summed E-state index contributed by atoms with van der Waals surface area (Å²) in [7, 11) is 0. The highest BCUT2D eigenvalue weighted by Crippen LogP contribution is 2.67. The lowest BCUT2D eigenvalue weighted by Gasteiger charge is -2.60. The smallest absolute Gasteiger partial charge is 0.157 e. The number of allylic oxidation sites excluding steroid dienone is 1. The normalized spacial score (nSPS) is 48.4. The van der Waals surface area contributed by atoms with Gasteiger partial charge in [-0.3, -0.25) is 9.59 Å². The Morgan fingerprint density at radius 1 is 1.13 bits per heavy atom. The van der Waals surface area contributed by atoms with E-state index in [4.69, 9.17) is 9.47 Å². The van der Waals surface area contributed by atoms with E-state index in [9.17, 15) is 9.59 Å². The molecule has 5 rings (SSSR count). The van der Waals surface area contributed by atoms with E-state index in [1.54, 1.807) is 6.92 Å². The van der Waals surface area contributed by atoms with Crippen molar-refractivity contribution in [2.75, 3.05) is 6.61 Å². The van der Waals surface area contributed by atoms with Crippen molar-refractivity contribution < 1.29 is 19.1 Å². The SMILES string of the molecule is CC(=O)[C@H]1CC[C@H]2[C@@H]3CCC4=CC(=O)CC[C@]4(C)[C@H]3[C@H](OC3CCCCO3)C[C@]12C. The first-order valence-corrected chi connectivity index (χ1v) is 12.3. The molecule has 0 spiro atoms. The molecule has 5 aliphatic rings. The summed E-state index contributed by atoms with van der Waals surface area (Å²) >= 11 is 0. The highest BCUT2D eigenvalue weighted by molar-refractivity contribution is 5.91. The van der Waals surface area contributed by atoms with Gasteiger partial charge in [-0.15, -0.1) is 0 Å². The highest BCUT2D eigenvalue weighted by Gasteiger charge is 2.63. The van der Waals surface area contributed by atoms with Gasteiger partial charge in [-0.05, 0) is 99.4 Å². The van der Waals surface area contributed by atoms with Crippen molar-refractivity contribution in [3.63, 3.8) is 0 Å². The van der Waals surface area contributed by atoms with Crippen LogP contribution in [0.25, 0.3) is 0 Å². The van der Waals surface area contributed by atoms with Crippen LogP contribution in [0.2, 0.25) is 0 Å². The van der Waals surface area contributed by atoms with Crippen molar-refractivity contribution in [1.82, 2.24) is 0 Å². The summed E-state index contributed by atoms with van der Waals surface area (Å²) in [6, 6.07) is 0. The molecule has 4 nitrogen and oxygen atoms in total. The minimum absolute atomic E-state index is 0.0361. The molecule has 4 aliphatic carbocycles. The second-order valence-corrected chi connectivity index (χ2v) is 11.3. The van der Waals surface area contributed by atoms with Crippen LogP contribution in [0.3, 0.4) is 0 Å². The van der Waals surface area contributed by atoms with E-state index in [0.717, 1.165) is 51.6 Å². The van der Waals surface area contributed by atoms with Crippen molar-refractivity contribution in [2.24, 2.45) is 34.5 Å². The van der Waals surface area contributed by atoms with E-state index < -0.39 is 0 Å². The molecule has 8 atom stereocenters. The summed E-state index contributed by atoms with van der Waals surface area (Å²) in [5, 5.41) is 0. The van der Waals surface area contributed by atoms with Crippen LogP contribution in [0.5, 0.6) is 0 Å². The molecule has 1 unspecified atom stereocenters. The topological polar surface area (TPSA) is 52.6 Å². The number of rotatable bonds is 3. The van der Waals surface area contributed by atoms with Gasteiger partial charge in [-0.25, -0.2) is 0 Å². The maximum Gasteiger partial charge on any atom is 0.157 e. The third kappa shape index (κ3) is 3.16. The van der Waals surface area contributed by atoms with Crippen molar-refractivity contribution in [3.8, 4) is 0 Å². The minimum Gasteiger partial charge on any atom is -0.353 e. The van der Waals surface area contributed by atoms with Gasteiger partial charge in [-0.1, -0.05) is 19.4 Å². The predicted molar refractivity (Wildman–Crippen MR) is 115 cm³/mol. The number of hydrogen-bond donors (Lipinski definition) is 0. The van der Waals surface area contributed by atoms with E-state index in [1.807, 2.05) is 6.08 Å². The summed E-state index contributed by atoms with van der Waals surface area (Å²) < 4.78 is 12.8. The first-order valence-electron chi connectivity index (χ1n) is 12.3. The van der Waals surface area contributed by atoms with E-state index >= 15 is 0 Å². The van der Waals surface area contributed by atoms with Crippen molar-refractivity contribution in [1.29, 1.82) is 0 Å². The molecule has 3 saturated carbocycles. The molecular weight excluding hydrogens is 376 g/mol. The Labute approximate surface area is 181 Å². The van der Waals surface area contributed by atoms with Crippen molar-refractivity contribution in [3.05, 3.63) is 11.6 Å². The lowest BCUT2D eigenvalue weighted by Crippen LogP contribution is -2.58. The van der Waals surface area contributed by atoms with Crippen LogP contribution in [0.1, 0.15) is 85.0 Å². The number of Topliss-reactive ketones (excluding diaryl/α,β-unsaturated/α-hetero) is 1. The Morgan fingerprint density at radius 2 is 1.97 bits per heavy atom. The molecule has 1 aliphatic heterocycles. The summed E-state index contributed by atoms with van der Waals surface area (Å²) in [6.45, 7) is 7.36. The van der Waals surface area contributed by atoms with E-state index in [0.29, 0.717) is 35.7 Å². The fraction of sp³-hybridized carbons (Fsp3) is 0.846. The monoisotopic (exact) mass is 414 g/mol. The maximum absolute atomic E-state index is 12.6. The average Bonchev–Trinajstić information content (AvgIpc) is 3.06. The second kappa shape index (κ2) is 7.55. The zero-order valence-corrected chi connectivity index (χ0v) is 19.0. The first kappa shape index (κ1) is 20.9. The van der Waals surface area contributed by atoms with Gasteiger partial charge in [0.15, 0.2) is 12.1 Å².